The highest BCUT2D eigenvalue weighted by molar-refractivity contribution is 7.91. The zero-order valence-electron chi connectivity index (χ0n) is 11.2. The zero-order chi connectivity index (χ0) is 14.0. The molecule has 0 spiro atoms. The predicted molar refractivity (Wildman–Crippen MR) is 79.5 cm³/mol. The normalized spacial score (nSPS) is 21.2. The molecule has 1 heterocycles. The molecule has 1 aromatic carbocycles. The fourth-order valence-corrected chi connectivity index (χ4v) is 3.91. The van der Waals surface area contributed by atoms with E-state index in [9.17, 15) is 13.2 Å². The molecule has 0 aromatic heterocycles. The summed E-state index contributed by atoms with van der Waals surface area (Å²) in [4.78, 5) is 12.1. The number of amides is 1. The Morgan fingerprint density at radius 2 is 2.10 bits per heavy atom. The summed E-state index contributed by atoms with van der Waals surface area (Å²) in [6.07, 6.45) is 0.648. The molecule has 5 nitrogen and oxygen atoms in total. The molecule has 20 heavy (non-hydrogen) atoms. The van der Waals surface area contributed by atoms with E-state index >= 15 is 0 Å². The average Bonchev–Trinajstić information content (AvgIpc) is 2.32. The fourth-order valence-electron chi connectivity index (χ4n) is 2.29. The summed E-state index contributed by atoms with van der Waals surface area (Å²) in [6, 6.07) is 6.37. The first-order chi connectivity index (χ1) is 8.90. The number of carbonyl (C=O) groups excluding carboxylic acids is 1. The smallest absolute Gasteiger partial charge is 0.222 e. The van der Waals surface area contributed by atoms with Gasteiger partial charge in [0, 0.05) is 12.5 Å². The van der Waals surface area contributed by atoms with Gasteiger partial charge in [-0.25, -0.2) is 8.42 Å². The molecule has 3 N–H and O–H groups in total. The molecule has 0 fully saturated rings. The number of halogens is 1. The molecule has 2 unspecified atom stereocenters. The van der Waals surface area contributed by atoms with E-state index in [-0.39, 0.29) is 42.6 Å². The van der Waals surface area contributed by atoms with Gasteiger partial charge in [-0.1, -0.05) is 18.2 Å². The molecular formula is C13H19ClN2O3S. The maximum Gasteiger partial charge on any atom is 0.222 e. The first-order valence-electron chi connectivity index (χ1n) is 6.27. The molecular weight excluding hydrogens is 300 g/mol. The van der Waals surface area contributed by atoms with Crippen molar-refractivity contribution in [2.45, 2.75) is 36.7 Å². The zero-order valence-corrected chi connectivity index (χ0v) is 12.8. The standard InChI is InChI=1S/C13H18N2O3S.ClH/c1-9(14)8-13(16)15-11-6-7-19(17,18)12-5-3-2-4-10(11)12;/h2-5,9,11H,6-8,14H2,1H3,(H,15,16);1H. The SMILES string of the molecule is CC(N)CC(=O)NC1CCS(=O)(=O)c2ccccc21.Cl. The van der Waals surface area contributed by atoms with Crippen LogP contribution in [0.25, 0.3) is 0 Å². The third-order valence-corrected chi connectivity index (χ3v) is 4.96. The third kappa shape index (κ3) is 3.71. The summed E-state index contributed by atoms with van der Waals surface area (Å²) in [5.74, 6) is -0.0817. The van der Waals surface area contributed by atoms with Gasteiger partial charge in [-0.15, -0.1) is 12.4 Å². The topological polar surface area (TPSA) is 89.3 Å². The molecule has 1 aliphatic heterocycles. The first kappa shape index (κ1) is 16.9. The van der Waals surface area contributed by atoms with Crippen LogP contribution in [0.15, 0.2) is 29.2 Å². The average molecular weight is 319 g/mol. The van der Waals surface area contributed by atoms with Crippen LogP contribution in [0.3, 0.4) is 0 Å². The Bertz CT molecular complexity index is 587. The second-order valence-corrected chi connectivity index (χ2v) is 7.02. The van der Waals surface area contributed by atoms with Gasteiger partial charge in [0.25, 0.3) is 0 Å². The molecule has 7 heteroatoms. The fraction of sp³-hybridized carbons (Fsp3) is 0.462. The second-order valence-electron chi connectivity index (χ2n) is 4.95. The van der Waals surface area contributed by atoms with Crippen molar-refractivity contribution in [2.75, 3.05) is 5.75 Å². The Labute approximate surface area is 125 Å². The largest absolute Gasteiger partial charge is 0.349 e. The van der Waals surface area contributed by atoms with Crippen LogP contribution in [0.4, 0.5) is 0 Å². The molecule has 0 saturated heterocycles. The van der Waals surface area contributed by atoms with E-state index in [0.717, 1.165) is 0 Å². The molecule has 2 rings (SSSR count). The summed E-state index contributed by atoms with van der Waals surface area (Å²) in [5, 5.41) is 2.86. The number of rotatable bonds is 3. The Kier molecular flexibility index (Phi) is 5.56. The van der Waals surface area contributed by atoms with Crippen LogP contribution in [0.5, 0.6) is 0 Å². The van der Waals surface area contributed by atoms with E-state index in [0.29, 0.717) is 16.9 Å². The highest BCUT2D eigenvalue weighted by Gasteiger charge is 2.30. The van der Waals surface area contributed by atoms with E-state index < -0.39 is 9.84 Å². The maximum absolute atomic E-state index is 11.9. The van der Waals surface area contributed by atoms with Gasteiger partial charge in [0.05, 0.1) is 16.7 Å². The van der Waals surface area contributed by atoms with Gasteiger partial charge < -0.3 is 11.1 Å². The molecule has 1 aromatic rings. The van der Waals surface area contributed by atoms with Crippen molar-refractivity contribution in [3.8, 4) is 0 Å². The lowest BCUT2D eigenvalue weighted by Crippen LogP contribution is -2.36. The van der Waals surface area contributed by atoms with E-state index in [2.05, 4.69) is 5.32 Å². The Balaban J connectivity index is 0.00000200. The van der Waals surface area contributed by atoms with Crippen molar-refractivity contribution in [3.05, 3.63) is 29.8 Å². The molecule has 0 saturated carbocycles. The minimum atomic E-state index is -3.21. The predicted octanol–water partition coefficient (Wildman–Crippen LogP) is 1.18. The molecule has 2 atom stereocenters. The number of hydrogen-bond acceptors (Lipinski definition) is 4. The quantitative estimate of drug-likeness (QED) is 0.875. The van der Waals surface area contributed by atoms with Crippen LogP contribution in [-0.2, 0) is 14.6 Å². The monoisotopic (exact) mass is 318 g/mol. The van der Waals surface area contributed by atoms with Gasteiger partial charge in [-0.3, -0.25) is 4.79 Å². The van der Waals surface area contributed by atoms with Crippen molar-refractivity contribution >= 4 is 28.2 Å². The summed E-state index contributed by atoms with van der Waals surface area (Å²) in [6.45, 7) is 1.76. The van der Waals surface area contributed by atoms with Gasteiger partial charge in [-0.2, -0.15) is 0 Å². The van der Waals surface area contributed by atoms with Crippen LogP contribution in [0, 0.1) is 0 Å². The minimum absolute atomic E-state index is 0. The van der Waals surface area contributed by atoms with Crippen LogP contribution in [-0.4, -0.2) is 26.1 Å². The molecule has 0 bridgehead atoms. The first-order valence-corrected chi connectivity index (χ1v) is 7.92. The van der Waals surface area contributed by atoms with Crippen molar-refractivity contribution in [1.82, 2.24) is 5.32 Å². The number of carbonyl (C=O) groups is 1. The number of nitrogens with one attached hydrogen (secondary N) is 1. The number of fused-ring (bicyclic) bond motifs is 1. The number of benzene rings is 1. The van der Waals surface area contributed by atoms with E-state index in [1.807, 2.05) is 0 Å². The van der Waals surface area contributed by atoms with Crippen molar-refractivity contribution in [1.29, 1.82) is 0 Å². The van der Waals surface area contributed by atoms with E-state index in [1.54, 1.807) is 31.2 Å². The minimum Gasteiger partial charge on any atom is -0.349 e. The highest BCUT2D eigenvalue weighted by Crippen LogP contribution is 2.31. The van der Waals surface area contributed by atoms with Crippen LogP contribution in [0.1, 0.15) is 31.4 Å². The van der Waals surface area contributed by atoms with E-state index in [4.69, 9.17) is 5.73 Å². The van der Waals surface area contributed by atoms with Gasteiger partial charge in [0.15, 0.2) is 9.84 Å². The van der Waals surface area contributed by atoms with E-state index in [1.165, 1.54) is 0 Å². The van der Waals surface area contributed by atoms with Gasteiger partial charge in [0.2, 0.25) is 5.91 Å². The summed E-state index contributed by atoms with van der Waals surface area (Å²) in [7, 11) is -3.21. The Morgan fingerprint density at radius 3 is 2.75 bits per heavy atom. The lowest BCUT2D eigenvalue weighted by Gasteiger charge is -2.26. The van der Waals surface area contributed by atoms with Crippen molar-refractivity contribution in [3.63, 3.8) is 0 Å². The maximum atomic E-state index is 11.9. The van der Waals surface area contributed by atoms with Crippen LogP contribution in [0.2, 0.25) is 0 Å². The number of nitrogens with two attached hydrogens (primary N) is 1. The molecule has 0 radical (unpaired) electrons. The molecule has 1 amide bonds. The highest BCUT2D eigenvalue weighted by atomic mass is 35.5. The summed E-state index contributed by atoms with van der Waals surface area (Å²) in [5.41, 5.74) is 6.25. The van der Waals surface area contributed by atoms with Crippen molar-refractivity contribution < 1.29 is 13.2 Å². The van der Waals surface area contributed by atoms with Crippen LogP contribution < -0.4 is 11.1 Å². The molecule has 0 aliphatic carbocycles. The number of sulfone groups is 1. The Morgan fingerprint density at radius 1 is 1.45 bits per heavy atom. The Hall–Kier alpha value is -1.11. The summed E-state index contributed by atoms with van der Waals surface area (Å²) >= 11 is 0. The molecule has 112 valence electrons. The lowest BCUT2D eigenvalue weighted by atomic mass is 10.0. The molecule has 1 aliphatic rings. The lowest BCUT2D eigenvalue weighted by molar-refractivity contribution is -0.122. The second kappa shape index (κ2) is 6.56. The third-order valence-electron chi connectivity index (χ3n) is 3.15. The summed E-state index contributed by atoms with van der Waals surface area (Å²) < 4.78 is 23.9. The number of hydrogen-bond donors (Lipinski definition) is 2. The van der Waals surface area contributed by atoms with Crippen molar-refractivity contribution in [2.24, 2.45) is 5.73 Å². The van der Waals surface area contributed by atoms with Gasteiger partial charge >= 0.3 is 0 Å². The van der Waals surface area contributed by atoms with Crippen LogP contribution >= 0.6 is 12.4 Å². The van der Waals surface area contributed by atoms with Gasteiger partial charge in [-0.05, 0) is 25.0 Å². The van der Waals surface area contributed by atoms with Gasteiger partial charge in [0.1, 0.15) is 0 Å².